The van der Waals surface area contributed by atoms with Gasteiger partial charge in [-0.3, -0.25) is 0 Å². The molecule has 2 atom stereocenters. The number of ether oxygens (including phenoxy) is 2. The fourth-order valence-electron chi connectivity index (χ4n) is 4.03. The number of rotatable bonds is 2. The Morgan fingerprint density at radius 1 is 1.28 bits per heavy atom. The molecule has 0 aromatic heterocycles. The van der Waals surface area contributed by atoms with Gasteiger partial charge in [-0.1, -0.05) is 6.07 Å². The number of halogens is 1. The van der Waals surface area contributed by atoms with Crippen LogP contribution in [0.1, 0.15) is 52.0 Å². The summed E-state index contributed by atoms with van der Waals surface area (Å²) in [5.74, 6) is -0.336. The summed E-state index contributed by atoms with van der Waals surface area (Å²) < 4.78 is 24.5. The molecule has 2 aliphatic heterocycles. The lowest BCUT2D eigenvalue weighted by Crippen LogP contribution is -2.53. The number of methoxy groups -OCH3 is 1. The summed E-state index contributed by atoms with van der Waals surface area (Å²) in [7, 11) is 1.41. The zero-order chi connectivity index (χ0) is 18.4. The fraction of sp³-hybridized carbons (Fsp3) is 0.632. The smallest absolute Gasteiger partial charge is 0.410 e. The zero-order valence-corrected chi connectivity index (χ0v) is 15.2. The summed E-state index contributed by atoms with van der Waals surface area (Å²) in [6.45, 7) is 5.52. The molecular formula is C19H26FNO4. The Hall–Kier alpha value is -1.82. The third kappa shape index (κ3) is 3.45. The maximum atomic E-state index is 14.1. The van der Waals surface area contributed by atoms with E-state index >= 15 is 0 Å². The maximum Gasteiger partial charge on any atom is 0.410 e. The highest BCUT2D eigenvalue weighted by atomic mass is 19.1. The van der Waals surface area contributed by atoms with Crippen LogP contribution in [0.5, 0.6) is 5.75 Å². The van der Waals surface area contributed by atoms with E-state index < -0.39 is 17.0 Å². The van der Waals surface area contributed by atoms with Crippen molar-refractivity contribution in [2.45, 2.75) is 69.7 Å². The molecule has 25 heavy (non-hydrogen) atoms. The van der Waals surface area contributed by atoms with Gasteiger partial charge in [0.05, 0.1) is 12.7 Å². The molecule has 3 rings (SSSR count). The summed E-state index contributed by atoms with van der Waals surface area (Å²) in [4.78, 5) is 14.3. The van der Waals surface area contributed by atoms with Crippen LogP contribution in [0.4, 0.5) is 9.18 Å². The highest BCUT2D eigenvalue weighted by molar-refractivity contribution is 5.69. The molecule has 2 unspecified atom stereocenters. The molecule has 6 heteroatoms. The van der Waals surface area contributed by atoms with Crippen molar-refractivity contribution >= 4 is 6.09 Å². The number of fused-ring (bicyclic) bond motifs is 2. The molecule has 0 radical (unpaired) electrons. The summed E-state index contributed by atoms with van der Waals surface area (Å²) >= 11 is 0. The normalized spacial score (nSPS) is 28.8. The maximum absolute atomic E-state index is 14.1. The Morgan fingerprint density at radius 2 is 1.88 bits per heavy atom. The predicted molar refractivity (Wildman–Crippen MR) is 91.0 cm³/mol. The molecule has 1 amide bonds. The Labute approximate surface area is 147 Å². The third-order valence-corrected chi connectivity index (χ3v) is 5.06. The van der Waals surface area contributed by atoms with Gasteiger partial charge in [0.25, 0.3) is 0 Å². The molecule has 2 heterocycles. The molecule has 2 aliphatic rings. The minimum Gasteiger partial charge on any atom is -0.494 e. The van der Waals surface area contributed by atoms with E-state index in [1.807, 2.05) is 20.8 Å². The lowest BCUT2D eigenvalue weighted by atomic mass is 9.80. The number of piperidine rings is 1. The number of amides is 1. The molecule has 2 saturated heterocycles. The second-order valence-corrected chi connectivity index (χ2v) is 8.06. The van der Waals surface area contributed by atoms with Gasteiger partial charge in [-0.2, -0.15) is 0 Å². The van der Waals surface area contributed by atoms with Crippen molar-refractivity contribution in [2.24, 2.45) is 0 Å². The Kier molecular flexibility index (Phi) is 4.43. The Balaban J connectivity index is 1.81. The van der Waals surface area contributed by atoms with Gasteiger partial charge in [0.2, 0.25) is 0 Å². The number of carbonyl (C=O) groups is 1. The van der Waals surface area contributed by atoms with Gasteiger partial charge in [0.1, 0.15) is 5.60 Å². The van der Waals surface area contributed by atoms with Gasteiger partial charge in [0, 0.05) is 24.9 Å². The van der Waals surface area contributed by atoms with Crippen molar-refractivity contribution in [1.82, 2.24) is 4.90 Å². The summed E-state index contributed by atoms with van der Waals surface area (Å²) in [6.07, 6.45) is 2.08. The SMILES string of the molecule is COc1ccc(C2(O)CC3CCC(C2)N3C(=O)OC(C)(C)C)cc1F. The Morgan fingerprint density at radius 3 is 2.36 bits per heavy atom. The van der Waals surface area contributed by atoms with Crippen LogP contribution in [0.15, 0.2) is 18.2 Å². The van der Waals surface area contributed by atoms with E-state index in [0.717, 1.165) is 12.8 Å². The van der Waals surface area contributed by atoms with E-state index in [2.05, 4.69) is 0 Å². The number of aliphatic hydroxyl groups is 1. The van der Waals surface area contributed by atoms with Crippen molar-refractivity contribution in [2.75, 3.05) is 7.11 Å². The van der Waals surface area contributed by atoms with Crippen molar-refractivity contribution in [1.29, 1.82) is 0 Å². The summed E-state index contributed by atoms with van der Waals surface area (Å²) in [6, 6.07) is 4.38. The van der Waals surface area contributed by atoms with Crippen molar-refractivity contribution < 1.29 is 23.8 Å². The monoisotopic (exact) mass is 351 g/mol. The molecule has 0 aliphatic carbocycles. The lowest BCUT2D eigenvalue weighted by Gasteiger charge is -2.44. The third-order valence-electron chi connectivity index (χ3n) is 5.06. The van der Waals surface area contributed by atoms with Crippen LogP contribution in [0.25, 0.3) is 0 Å². The van der Waals surface area contributed by atoms with Gasteiger partial charge in [-0.25, -0.2) is 9.18 Å². The molecule has 138 valence electrons. The number of benzene rings is 1. The Bertz CT molecular complexity index is 656. The number of hydrogen-bond donors (Lipinski definition) is 1. The van der Waals surface area contributed by atoms with E-state index in [1.54, 1.807) is 11.0 Å². The van der Waals surface area contributed by atoms with E-state index in [-0.39, 0.29) is 23.9 Å². The van der Waals surface area contributed by atoms with Crippen molar-refractivity contribution in [3.63, 3.8) is 0 Å². The first kappa shape index (κ1) is 18.0. The van der Waals surface area contributed by atoms with Gasteiger partial charge in [0.15, 0.2) is 11.6 Å². The minimum absolute atomic E-state index is 0.0937. The number of nitrogens with zero attached hydrogens (tertiary/aromatic N) is 1. The second-order valence-electron chi connectivity index (χ2n) is 8.06. The standard InChI is InChI=1S/C19H26FNO4/c1-18(2,3)25-17(22)21-13-6-7-14(21)11-19(23,10-13)12-5-8-16(24-4)15(20)9-12/h5,8-9,13-14,23H,6-7,10-11H2,1-4H3. The van der Waals surface area contributed by atoms with E-state index in [4.69, 9.17) is 9.47 Å². The lowest BCUT2D eigenvalue weighted by molar-refractivity contribution is -0.0625. The quantitative estimate of drug-likeness (QED) is 0.885. The molecular weight excluding hydrogens is 325 g/mol. The number of carbonyl (C=O) groups excluding carboxylic acids is 1. The first-order valence-electron chi connectivity index (χ1n) is 8.71. The van der Waals surface area contributed by atoms with Gasteiger partial charge < -0.3 is 19.5 Å². The van der Waals surface area contributed by atoms with Crippen LogP contribution < -0.4 is 4.74 Å². The molecule has 0 spiro atoms. The van der Waals surface area contributed by atoms with Gasteiger partial charge in [-0.05, 0) is 51.3 Å². The number of hydrogen-bond acceptors (Lipinski definition) is 4. The second kappa shape index (κ2) is 6.16. The average Bonchev–Trinajstić information content (AvgIpc) is 2.78. The van der Waals surface area contributed by atoms with Gasteiger partial charge >= 0.3 is 6.09 Å². The fourth-order valence-corrected chi connectivity index (χ4v) is 4.03. The molecule has 1 aromatic rings. The summed E-state index contributed by atoms with van der Waals surface area (Å²) in [5, 5.41) is 11.2. The van der Waals surface area contributed by atoms with Crippen LogP contribution in [-0.4, -0.2) is 40.9 Å². The van der Waals surface area contributed by atoms with E-state index in [0.29, 0.717) is 18.4 Å². The molecule has 5 nitrogen and oxygen atoms in total. The largest absolute Gasteiger partial charge is 0.494 e. The predicted octanol–water partition coefficient (Wildman–Crippen LogP) is 3.58. The van der Waals surface area contributed by atoms with Crippen LogP contribution >= 0.6 is 0 Å². The highest BCUT2D eigenvalue weighted by Crippen LogP contribution is 2.46. The van der Waals surface area contributed by atoms with E-state index in [1.165, 1.54) is 19.2 Å². The van der Waals surface area contributed by atoms with Gasteiger partial charge in [-0.15, -0.1) is 0 Å². The van der Waals surface area contributed by atoms with Crippen LogP contribution in [0, 0.1) is 5.82 Å². The van der Waals surface area contributed by atoms with Crippen LogP contribution in [0.2, 0.25) is 0 Å². The molecule has 2 bridgehead atoms. The van der Waals surface area contributed by atoms with Crippen LogP contribution in [-0.2, 0) is 10.3 Å². The molecule has 2 fully saturated rings. The molecule has 0 saturated carbocycles. The van der Waals surface area contributed by atoms with E-state index in [9.17, 15) is 14.3 Å². The highest BCUT2D eigenvalue weighted by Gasteiger charge is 2.51. The van der Waals surface area contributed by atoms with Crippen LogP contribution in [0.3, 0.4) is 0 Å². The first-order valence-corrected chi connectivity index (χ1v) is 8.71. The van der Waals surface area contributed by atoms with Crippen molar-refractivity contribution in [3.05, 3.63) is 29.6 Å². The first-order chi connectivity index (χ1) is 11.6. The minimum atomic E-state index is -1.14. The zero-order valence-electron chi connectivity index (χ0n) is 15.2. The summed E-state index contributed by atoms with van der Waals surface area (Å²) in [5.41, 5.74) is -1.16. The molecule has 1 aromatic carbocycles. The topological polar surface area (TPSA) is 59.0 Å². The van der Waals surface area contributed by atoms with Crippen molar-refractivity contribution in [3.8, 4) is 5.75 Å². The average molecular weight is 351 g/mol. The molecule has 1 N–H and O–H groups in total.